The Kier molecular flexibility index (Phi) is 3.98. The molecule has 2 nitrogen and oxygen atoms in total. The van der Waals surface area contributed by atoms with E-state index in [4.69, 9.17) is 0 Å². The Morgan fingerprint density at radius 3 is 2.57 bits per heavy atom. The van der Waals surface area contributed by atoms with Crippen molar-refractivity contribution in [1.82, 2.24) is 0 Å². The summed E-state index contributed by atoms with van der Waals surface area (Å²) in [7, 11) is 0. The van der Waals surface area contributed by atoms with Crippen molar-refractivity contribution in [3.8, 4) is 0 Å². The van der Waals surface area contributed by atoms with E-state index in [1.165, 1.54) is 25.1 Å². The Hall–Kier alpha value is -0.991. The molecule has 0 amide bonds. The van der Waals surface area contributed by atoms with Crippen molar-refractivity contribution in [1.29, 1.82) is 0 Å². The molecule has 0 saturated heterocycles. The number of hydrogen-bond acceptors (Lipinski definition) is 2. The predicted molar refractivity (Wildman–Crippen MR) is 52.0 cm³/mol. The SMILES string of the molecule is CC(=O)C[Se]C(=O)c1ccccc1F. The maximum atomic E-state index is 13.1. The summed E-state index contributed by atoms with van der Waals surface area (Å²) in [6.07, 6.45) is 0. The van der Waals surface area contributed by atoms with Gasteiger partial charge in [-0.2, -0.15) is 0 Å². The van der Waals surface area contributed by atoms with Crippen LogP contribution in [0.2, 0.25) is 5.32 Å². The minimum atomic E-state index is -0.511. The van der Waals surface area contributed by atoms with Gasteiger partial charge in [0.15, 0.2) is 0 Å². The van der Waals surface area contributed by atoms with Crippen LogP contribution in [-0.4, -0.2) is 25.4 Å². The van der Waals surface area contributed by atoms with Crippen molar-refractivity contribution in [2.75, 3.05) is 0 Å². The fourth-order valence-corrected chi connectivity index (χ4v) is 2.25. The van der Waals surface area contributed by atoms with Crippen LogP contribution in [0, 0.1) is 5.82 Å². The van der Waals surface area contributed by atoms with Gasteiger partial charge in [0, 0.05) is 0 Å². The first-order valence-corrected chi connectivity index (χ1v) is 6.09. The van der Waals surface area contributed by atoms with Crippen LogP contribution < -0.4 is 0 Å². The molecular weight excluding hydrogens is 250 g/mol. The molecule has 0 atom stereocenters. The van der Waals surface area contributed by atoms with Gasteiger partial charge >= 0.3 is 87.3 Å². The standard InChI is InChI=1S/C10H9FO2Se/c1-7(12)6-14-10(13)8-4-2-3-5-9(8)11/h2-5H,6H2,1H3. The first-order valence-electron chi connectivity index (χ1n) is 4.02. The predicted octanol–water partition coefficient (Wildman–Crippen LogP) is 1.68. The normalized spacial score (nSPS) is 9.86. The number of rotatable bonds is 4. The number of carbonyl (C=O) groups is 2. The molecule has 0 aliphatic carbocycles. The van der Waals surface area contributed by atoms with E-state index in [2.05, 4.69) is 0 Å². The number of ketones is 1. The first-order chi connectivity index (χ1) is 6.61. The third-order valence-electron chi connectivity index (χ3n) is 1.50. The van der Waals surface area contributed by atoms with Crippen LogP contribution in [0.25, 0.3) is 0 Å². The summed E-state index contributed by atoms with van der Waals surface area (Å²) in [5, 5.41) is 0.236. The van der Waals surface area contributed by atoms with Crippen LogP contribution >= 0.6 is 0 Å². The van der Waals surface area contributed by atoms with Crippen molar-refractivity contribution < 1.29 is 14.0 Å². The molecule has 1 aromatic rings. The molecule has 1 aromatic carbocycles. The molecule has 74 valence electrons. The van der Waals surface area contributed by atoms with Gasteiger partial charge in [-0.05, 0) is 0 Å². The third kappa shape index (κ3) is 3.05. The molecule has 0 spiro atoms. The van der Waals surface area contributed by atoms with Gasteiger partial charge in [-0.1, -0.05) is 0 Å². The second kappa shape index (κ2) is 5.03. The molecule has 0 aliphatic heterocycles. The zero-order valence-electron chi connectivity index (χ0n) is 7.62. The minimum absolute atomic E-state index is 0.0327. The van der Waals surface area contributed by atoms with Crippen molar-refractivity contribution in [3.63, 3.8) is 0 Å². The number of halogens is 1. The maximum absolute atomic E-state index is 13.1. The van der Waals surface area contributed by atoms with Crippen molar-refractivity contribution in [2.24, 2.45) is 0 Å². The summed E-state index contributed by atoms with van der Waals surface area (Å²) in [5.41, 5.74) is 0.0914. The van der Waals surface area contributed by atoms with Gasteiger partial charge < -0.3 is 0 Å². The van der Waals surface area contributed by atoms with E-state index in [1.807, 2.05) is 0 Å². The summed E-state index contributed by atoms with van der Waals surface area (Å²) in [4.78, 5) is 22.0. The summed E-state index contributed by atoms with van der Waals surface area (Å²) in [5.74, 6) is -0.544. The zero-order valence-corrected chi connectivity index (χ0v) is 9.33. The molecule has 0 fully saturated rings. The molecule has 0 aromatic heterocycles. The van der Waals surface area contributed by atoms with Crippen molar-refractivity contribution >= 4 is 25.4 Å². The van der Waals surface area contributed by atoms with Gasteiger partial charge in [-0.3, -0.25) is 0 Å². The van der Waals surface area contributed by atoms with Gasteiger partial charge in [0.25, 0.3) is 0 Å². The molecular formula is C10H9FO2Se. The van der Waals surface area contributed by atoms with Gasteiger partial charge in [-0.25, -0.2) is 0 Å². The summed E-state index contributed by atoms with van der Waals surface area (Å²) >= 11 is -0.478. The zero-order chi connectivity index (χ0) is 10.6. The molecule has 0 heterocycles. The van der Waals surface area contributed by atoms with Crippen LogP contribution in [0.5, 0.6) is 0 Å². The van der Waals surface area contributed by atoms with Crippen molar-refractivity contribution in [2.45, 2.75) is 12.2 Å². The third-order valence-corrected chi connectivity index (χ3v) is 3.67. The van der Waals surface area contributed by atoms with E-state index >= 15 is 0 Å². The monoisotopic (exact) mass is 260 g/mol. The Morgan fingerprint density at radius 2 is 2.00 bits per heavy atom. The number of hydrogen-bond donors (Lipinski definition) is 0. The summed E-state index contributed by atoms with van der Waals surface area (Å²) in [6.45, 7) is 1.43. The van der Waals surface area contributed by atoms with Crippen LogP contribution in [0.15, 0.2) is 24.3 Å². The second-order valence-electron chi connectivity index (χ2n) is 2.76. The number of benzene rings is 1. The van der Waals surface area contributed by atoms with Gasteiger partial charge in [0.1, 0.15) is 0 Å². The van der Waals surface area contributed by atoms with Gasteiger partial charge in [0.2, 0.25) is 0 Å². The Bertz CT molecular complexity index is 363. The Labute approximate surface area is 87.7 Å². The fraction of sp³-hybridized carbons (Fsp3) is 0.200. The van der Waals surface area contributed by atoms with Crippen LogP contribution in [0.1, 0.15) is 17.3 Å². The van der Waals surface area contributed by atoms with E-state index in [1.54, 1.807) is 6.07 Å². The molecule has 1 rings (SSSR count). The molecule has 0 bridgehead atoms. The summed E-state index contributed by atoms with van der Waals surface area (Å²) in [6, 6.07) is 5.83. The Balaban J connectivity index is 2.70. The van der Waals surface area contributed by atoms with Crippen LogP contribution in [0.3, 0.4) is 0 Å². The summed E-state index contributed by atoms with van der Waals surface area (Å²) < 4.78 is 12.8. The molecule has 0 aliphatic rings. The molecule has 0 saturated carbocycles. The fourth-order valence-electron chi connectivity index (χ4n) is 0.872. The van der Waals surface area contributed by atoms with Crippen LogP contribution in [0.4, 0.5) is 4.39 Å². The second-order valence-corrected chi connectivity index (χ2v) is 4.75. The van der Waals surface area contributed by atoms with Gasteiger partial charge in [-0.15, -0.1) is 0 Å². The average molecular weight is 259 g/mol. The van der Waals surface area contributed by atoms with E-state index < -0.39 is 20.8 Å². The Morgan fingerprint density at radius 1 is 1.36 bits per heavy atom. The van der Waals surface area contributed by atoms with Crippen molar-refractivity contribution in [3.05, 3.63) is 35.6 Å². The number of carbonyl (C=O) groups excluding carboxylic acids is 2. The van der Waals surface area contributed by atoms with Crippen LogP contribution in [-0.2, 0) is 4.79 Å². The first kappa shape index (κ1) is 11.1. The average Bonchev–Trinajstić information content (AvgIpc) is 2.15. The molecule has 0 radical (unpaired) electrons. The molecule has 4 heteroatoms. The molecule has 14 heavy (non-hydrogen) atoms. The van der Waals surface area contributed by atoms with E-state index in [0.717, 1.165) is 0 Å². The number of Topliss-reactive ketones (excluding diaryl/α,β-unsaturated/α-hetero) is 1. The topological polar surface area (TPSA) is 34.1 Å². The molecule has 0 N–H and O–H groups in total. The van der Waals surface area contributed by atoms with Gasteiger partial charge in [0.05, 0.1) is 0 Å². The van der Waals surface area contributed by atoms with E-state index in [9.17, 15) is 14.0 Å². The molecule has 0 unspecified atom stereocenters. The quantitative estimate of drug-likeness (QED) is 0.771. The van der Waals surface area contributed by atoms with E-state index in [-0.39, 0.29) is 21.3 Å². The van der Waals surface area contributed by atoms with E-state index in [0.29, 0.717) is 0 Å².